The lowest BCUT2D eigenvalue weighted by Gasteiger charge is -2.00. The number of hydrogen-bond donors (Lipinski definition) is 0. The largest absolute Gasteiger partial charge is 0.295 e. The van der Waals surface area contributed by atoms with Crippen molar-refractivity contribution in [3.8, 4) is 0 Å². The molecule has 0 unspecified atom stereocenters. The molecule has 0 amide bonds. The van der Waals surface area contributed by atoms with Gasteiger partial charge < -0.3 is 0 Å². The number of carbonyl (C=O) groups excluding carboxylic acids is 1. The molecule has 0 saturated heterocycles. The van der Waals surface area contributed by atoms with Crippen LogP contribution in [0.5, 0.6) is 0 Å². The van der Waals surface area contributed by atoms with Gasteiger partial charge in [-0.1, -0.05) is 18.2 Å². The van der Waals surface area contributed by atoms with Crippen LogP contribution in [-0.4, -0.2) is 5.78 Å². The molecule has 2 rings (SSSR count). The van der Waals surface area contributed by atoms with Crippen molar-refractivity contribution in [2.24, 2.45) is 0 Å². The normalized spacial score (nSPS) is 13.8. The summed E-state index contributed by atoms with van der Waals surface area (Å²) in [6.07, 6.45) is 2.83. The van der Waals surface area contributed by atoms with Gasteiger partial charge in [0.1, 0.15) is 0 Å². The molecule has 1 heteroatoms. The minimum absolute atomic E-state index is 0.190. The molecule has 0 radical (unpaired) electrons. The molecule has 0 spiro atoms. The van der Waals surface area contributed by atoms with E-state index in [0.717, 1.165) is 12.0 Å². The SMILES string of the molecule is CC(=O)C1=Cc2c(C)cccc2C1. The standard InChI is InChI=1S/C12H12O/c1-8-4-3-5-10-6-11(9(2)13)7-12(8)10/h3-5,7H,6H2,1-2H3. The minimum atomic E-state index is 0.190. The molecule has 1 nitrogen and oxygen atoms in total. The van der Waals surface area contributed by atoms with E-state index in [0.29, 0.717) is 0 Å². The number of aryl methyl sites for hydroxylation is 1. The summed E-state index contributed by atoms with van der Waals surface area (Å²) in [6.45, 7) is 3.71. The topological polar surface area (TPSA) is 17.1 Å². The Hall–Kier alpha value is -1.37. The molecule has 0 fully saturated rings. The zero-order valence-corrected chi connectivity index (χ0v) is 7.92. The Balaban J connectivity index is 2.49. The van der Waals surface area contributed by atoms with Gasteiger partial charge in [-0.2, -0.15) is 0 Å². The third kappa shape index (κ3) is 1.31. The van der Waals surface area contributed by atoms with Crippen LogP contribution in [0.4, 0.5) is 0 Å². The molecule has 1 aromatic rings. The van der Waals surface area contributed by atoms with Gasteiger partial charge in [0.05, 0.1) is 0 Å². The summed E-state index contributed by atoms with van der Waals surface area (Å²) >= 11 is 0. The van der Waals surface area contributed by atoms with Crippen LogP contribution in [0.2, 0.25) is 0 Å². The molecule has 0 atom stereocenters. The Bertz CT molecular complexity index is 400. The van der Waals surface area contributed by atoms with Crippen molar-refractivity contribution >= 4 is 11.9 Å². The third-order valence-electron chi connectivity index (χ3n) is 2.57. The van der Waals surface area contributed by atoms with Gasteiger partial charge in [-0.25, -0.2) is 0 Å². The smallest absolute Gasteiger partial charge is 0.156 e. The van der Waals surface area contributed by atoms with Crippen molar-refractivity contribution in [2.75, 3.05) is 0 Å². The molecule has 0 N–H and O–H groups in total. The average molecular weight is 172 g/mol. The molecule has 0 aromatic heterocycles. The van der Waals surface area contributed by atoms with Crippen LogP contribution in [0.1, 0.15) is 23.6 Å². The lowest BCUT2D eigenvalue weighted by Crippen LogP contribution is -1.95. The summed E-state index contributed by atoms with van der Waals surface area (Å²) in [5.41, 5.74) is 4.72. The molecule has 0 aliphatic heterocycles. The van der Waals surface area contributed by atoms with Crippen molar-refractivity contribution in [1.29, 1.82) is 0 Å². The fourth-order valence-corrected chi connectivity index (χ4v) is 1.76. The molecule has 0 heterocycles. The molecule has 1 aliphatic rings. The first kappa shape index (κ1) is 8.24. The van der Waals surface area contributed by atoms with Crippen molar-refractivity contribution in [2.45, 2.75) is 20.3 Å². The fraction of sp³-hybridized carbons (Fsp3) is 0.250. The second-order valence-electron chi connectivity index (χ2n) is 3.55. The van der Waals surface area contributed by atoms with Crippen LogP contribution >= 0.6 is 0 Å². The van der Waals surface area contributed by atoms with Gasteiger partial charge in [0.2, 0.25) is 0 Å². The Morgan fingerprint density at radius 2 is 2.15 bits per heavy atom. The van der Waals surface area contributed by atoms with E-state index in [-0.39, 0.29) is 5.78 Å². The number of benzene rings is 1. The second-order valence-corrected chi connectivity index (χ2v) is 3.55. The summed E-state index contributed by atoms with van der Waals surface area (Å²) in [6, 6.07) is 6.22. The van der Waals surface area contributed by atoms with Gasteiger partial charge in [-0.3, -0.25) is 4.79 Å². The summed E-state index contributed by atoms with van der Waals surface area (Å²) in [5.74, 6) is 0.190. The quantitative estimate of drug-likeness (QED) is 0.636. The molecule has 0 saturated carbocycles. The Morgan fingerprint density at radius 3 is 2.77 bits per heavy atom. The number of ketones is 1. The zero-order chi connectivity index (χ0) is 9.42. The maximum absolute atomic E-state index is 11.2. The molecule has 66 valence electrons. The van der Waals surface area contributed by atoms with Gasteiger partial charge in [-0.15, -0.1) is 0 Å². The van der Waals surface area contributed by atoms with Crippen LogP contribution in [-0.2, 0) is 11.2 Å². The van der Waals surface area contributed by atoms with Gasteiger partial charge in [0, 0.05) is 6.42 Å². The molecule has 1 aromatic carbocycles. The number of rotatable bonds is 1. The monoisotopic (exact) mass is 172 g/mol. The van der Waals surface area contributed by atoms with E-state index in [4.69, 9.17) is 0 Å². The summed E-state index contributed by atoms with van der Waals surface area (Å²) in [7, 11) is 0. The van der Waals surface area contributed by atoms with Gasteiger partial charge in [-0.05, 0) is 42.2 Å². The number of fused-ring (bicyclic) bond motifs is 1. The van der Waals surface area contributed by atoms with Gasteiger partial charge in [0.15, 0.2) is 5.78 Å². The summed E-state index contributed by atoms with van der Waals surface area (Å²) < 4.78 is 0. The van der Waals surface area contributed by atoms with E-state index in [1.165, 1.54) is 16.7 Å². The van der Waals surface area contributed by atoms with E-state index in [9.17, 15) is 4.79 Å². The van der Waals surface area contributed by atoms with E-state index in [1.54, 1.807) is 6.92 Å². The Kier molecular flexibility index (Phi) is 1.80. The number of hydrogen-bond acceptors (Lipinski definition) is 1. The maximum atomic E-state index is 11.2. The predicted octanol–water partition coefficient (Wildman–Crippen LogP) is 2.52. The number of allylic oxidation sites excluding steroid dienone is 1. The summed E-state index contributed by atoms with van der Waals surface area (Å²) in [5, 5.41) is 0. The lowest BCUT2D eigenvalue weighted by molar-refractivity contribution is -0.113. The molecule has 13 heavy (non-hydrogen) atoms. The van der Waals surface area contributed by atoms with Crippen LogP contribution in [0.3, 0.4) is 0 Å². The van der Waals surface area contributed by atoms with E-state index >= 15 is 0 Å². The summed E-state index contributed by atoms with van der Waals surface area (Å²) in [4.78, 5) is 11.2. The fourth-order valence-electron chi connectivity index (χ4n) is 1.76. The minimum Gasteiger partial charge on any atom is -0.295 e. The molecule has 0 bridgehead atoms. The van der Waals surface area contributed by atoms with Crippen LogP contribution in [0.25, 0.3) is 6.08 Å². The van der Waals surface area contributed by atoms with E-state index < -0.39 is 0 Å². The van der Waals surface area contributed by atoms with Crippen LogP contribution in [0, 0.1) is 6.92 Å². The van der Waals surface area contributed by atoms with Crippen molar-refractivity contribution < 1.29 is 4.79 Å². The highest BCUT2D eigenvalue weighted by Gasteiger charge is 2.16. The van der Waals surface area contributed by atoms with Crippen LogP contribution in [0.15, 0.2) is 23.8 Å². The number of Topliss-reactive ketones (excluding diaryl/α,β-unsaturated/α-hetero) is 1. The first-order chi connectivity index (χ1) is 6.18. The van der Waals surface area contributed by atoms with E-state index in [2.05, 4.69) is 19.1 Å². The first-order valence-electron chi connectivity index (χ1n) is 4.48. The highest BCUT2D eigenvalue weighted by molar-refractivity contribution is 6.00. The van der Waals surface area contributed by atoms with E-state index in [1.807, 2.05) is 12.1 Å². The third-order valence-corrected chi connectivity index (χ3v) is 2.57. The van der Waals surface area contributed by atoms with Crippen LogP contribution < -0.4 is 0 Å². The van der Waals surface area contributed by atoms with Crippen molar-refractivity contribution in [3.05, 3.63) is 40.5 Å². The molecule has 1 aliphatic carbocycles. The second kappa shape index (κ2) is 2.84. The van der Waals surface area contributed by atoms with Gasteiger partial charge in [0.25, 0.3) is 0 Å². The Labute approximate surface area is 78.1 Å². The zero-order valence-electron chi connectivity index (χ0n) is 7.92. The lowest BCUT2D eigenvalue weighted by atomic mass is 10.0. The Morgan fingerprint density at radius 1 is 1.38 bits per heavy atom. The van der Waals surface area contributed by atoms with Crippen molar-refractivity contribution in [3.63, 3.8) is 0 Å². The predicted molar refractivity (Wildman–Crippen MR) is 53.5 cm³/mol. The first-order valence-corrected chi connectivity index (χ1v) is 4.48. The number of carbonyl (C=O) groups is 1. The highest BCUT2D eigenvalue weighted by atomic mass is 16.1. The van der Waals surface area contributed by atoms with Gasteiger partial charge >= 0.3 is 0 Å². The maximum Gasteiger partial charge on any atom is 0.156 e. The molecular formula is C12H12O. The molecular weight excluding hydrogens is 160 g/mol. The van der Waals surface area contributed by atoms with Crippen molar-refractivity contribution in [1.82, 2.24) is 0 Å². The highest BCUT2D eigenvalue weighted by Crippen LogP contribution is 2.27. The average Bonchev–Trinajstić information content (AvgIpc) is 2.49.